The summed E-state index contributed by atoms with van der Waals surface area (Å²) in [4.78, 5) is 11.5. The van der Waals surface area contributed by atoms with Crippen molar-refractivity contribution in [3.05, 3.63) is 28.5 Å². The third-order valence-corrected chi connectivity index (χ3v) is 2.92. The van der Waals surface area contributed by atoms with E-state index < -0.39 is 11.8 Å². The van der Waals surface area contributed by atoms with Crippen LogP contribution >= 0.6 is 15.9 Å². The number of aliphatic hydroxyl groups excluding tert-OH is 1. The fourth-order valence-corrected chi connectivity index (χ4v) is 1.56. The zero-order valence-corrected chi connectivity index (χ0v) is 10.9. The van der Waals surface area contributed by atoms with Crippen LogP contribution < -0.4 is 10.6 Å². The first-order valence-electron chi connectivity index (χ1n) is 5.20. The summed E-state index contributed by atoms with van der Waals surface area (Å²) in [7, 11) is 0. The van der Waals surface area contributed by atoms with Crippen LogP contribution in [-0.2, 0) is 0 Å². The van der Waals surface area contributed by atoms with Crippen molar-refractivity contribution < 1.29 is 14.3 Å². The van der Waals surface area contributed by atoms with Crippen molar-refractivity contribution >= 4 is 27.6 Å². The van der Waals surface area contributed by atoms with E-state index in [4.69, 9.17) is 5.11 Å². The Hall–Kier alpha value is -1.14. The summed E-state index contributed by atoms with van der Waals surface area (Å²) in [5.74, 6) is -0.433. The number of nitrogens with one attached hydrogen (secondary N) is 2. The maximum absolute atomic E-state index is 13.0. The van der Waals surface area contributed by atoms with Crippen molar-refractivity contribution in [1.82, 2.24) is 5.32 Å². The second kappa shape index (κ2) is 6.56. The molecule has 0 fully saturated rings. The van der Waals surface area contributed by atoms with E-state index in [1.165, 1.54) is 18.2 Å². The lowest BCUT2D eigenvalue weighted by Gasteiger charge is -2.15. The highest BCUT2D eigenvalue weighted by Gasteiger charge is 2.10. The molecule has 94 valence electrons. The van der Waals surface area contributed by atoms with Gasteiger partial charge in [0.15, 0.2) is 0 Å². The summed E-state index contributed by atoms with van der Waals surface area (Å²) in [6, 6.07) is 3.23. The van der Waals surface area contributed by atoms with E-state index in [2.05, 4.69) is 26.6 Å². The molecule has 0 aliphatic heterocycles. The van der Waals surface area contributed by atoms with E-state index >= 15 is 0 Å². The van der Waals surface area contributed by atoms with Gasteiger partial charge in [-0.15, -0.1) is 0 Å². The molecule has 0 bridgehead atoms. The van der Waals surface area contributed by atoms with E-state index in [0.29, 0.717) is 16.6 Å². The number of halogens is 2. The van der Waals surface area contributed by atoms with Crippen LogP contribution in [0.25, 0.3) is 0 Å². The quantitative estimate of drug-likeness (QED) is 0.800. The molecule has 1 rings (SSSR count). The number of aliphatic hydroxyl groups is 1. The predicted octanol–water partition coefficient (Wildman–Crippen LogP) is 2.48. The van der Waals surface area contributed by atoms with E-state index in [9.17, 15) is 9.18 Å². The van der Waals surface area contributed by atoms with E-state index in [-0.39, 0.29) is 12.6 Å². The molecule has 0 heterocycles. The molecule has 1 aromatic carbocycles. The number of urea groups is 1. The fourth-order valence-electron chi connectivity index (χ4n) is 1.21. The van der Waals surface area contributed by atoms with Crippen molar-refractivity contribution in [3.8, 4) is 0 Å². The Morgan fingerprint density at radius 1 is 1.59 bits per heavy atom. The minimum atomic E-state index is -0.475. The summed E-state index contributed by atoms with van der Waals surface area (Å²) < 4.78 is 13.5. The first-order chi connectivity index (χ1) is 8.06. The average Bonchev–Trinajstić information content (AvgIpc) is 2.31. The van der Waals surface area contributed by atoms with E-state index in [1.807, 2.05) is 6.92 Å². The molecule has 0 aliphatic carbocycles. The number of benzene rings is 1. The van der Waals surface area contributed by atoms with Gasteiger partial charge in [-0.2, -0.15) is 0 Å². The highest BCUT2D eigenvalue weighted by Crippen LogP contribution is 2.22. The maximum Gasteiger partial charge on any atom is 0.319 e. The lowest BCUT2D eigenvalue weighted by atomic mass is 10.2. The third-order valence-electron chi connectivity index (χ3n) is 2.23. The molecule has 3 N–H and O–H groups in total. The van der Waals surface area contributed by atoms with Gasteiger partial charge in [0.25, 0.3) is 0 Å². The van der Waals surface area contributed by atoms with Gasteiger partial charge in [-0.3, -0.25) is 0 Å². The molecule has 0 saturated carbocycles. The number of amides is 2. The number of hydrogen-bond acceptors (Lipinski definition) is 2. The van der Waals surface area contributed by atoms with Crippen LogP contribution in [0.4, 0.5) is 14.9 Å². The Labute approximate surface area is 107 Å². The van der Waals surface area contributed by atoms with Gasteiger partial charge in [-0.25, -0.2) is 9.18 Å². The molecule has 0 aliphatic rings. The van der Waals surface area contributed by atoms with Gasteiger partial charge >= 0.3 is 6.03 Å². The molecule has 0 radical (unpaired) electrons. The molecule has 6 heteroatoms. The van der Waals surface area contributed by atoms with Crippen LogP contribution in [0, 0.1) is 5.82 Å². The number of carbonyl (C=O) groups is 1. The van der Waals surface area contributed by atoms with Crippen LogP contribution in [-0.4, -0.2) is 23.8 Å². The van der Waals surface area contributed by atoms with Gasteiger partial charge in [-0.1, -0.05) is 6.92 Å². The summed E-state index contributed by atoms with van der Waals surface area (Å²) in [5, 5.41) is 14.0. The zero-order chi connectivity index (χ0) is 12.8. The summed E-state index contributed by atoms with van der Waals surface area (Å²) in [6.07, 6.45) is 0.619. The van der Waals surface area contributed by atoms with Crippen molar-refractivity contribution in [2.24, 2.45) is 0 Å². The highest BCUT2D eigenvalue weighted by atomic mass is 79.9. The Kier molecular flexibility index (Phi) is 5.37. The zero-order valence-electron chi connectivity index (χ0n) is 9.34. The second-order valence-corrected chi connectivity index (χ2v) is 4.36. The SMILES string of the molecule is CCC(CO)NC(=O)Nc1cc(F)ccc1Br. The van der Waals surface area contributed by atoms with Gasteiger partial charge in [0, 0.05) is 4.47 Å². The Morgan fingerprint density at radius 2 is 2.29 bits per heavy atom. The smallest absolute Gasteiger partial charge is 0.319 e. The summed E-state index contributed by atoms with van der Waals surface area (Å²) in [6.45, 7) is 1.72. The van der Waals surface area contributed by atoms with Crippen LogP contribution in [0.1, 0.15) is 13.3 Å². The van der Waals surface area contributed by atoms with Gasteiger partial charge in [0.05, 0.1) is 18.3 Å². The monoisotopic (exact) mass is 304 g/mol. The van der Waals surface area contributed by atoms with Crippen LogP contribution in [0.15, 0.2) is 22.7 Å². The molecule has 4 nitrogen and oxygen atoms in total. The maximum atomic E-state index is 13.0. The minimum absolute atomic E-state index is 0.131. The van der Waals surface area contributed by atoms with Crippen LogP contribution in [0.2, 0.25) is 0 Å². The average molecular weight is 305 g/mol. The highest BCUT2D eigenvalue weighted by molar-refractivity contribution is 9.10. The summed E-state index contributed by atoms with van der Waals surface area (Å²) in [5.41, 5.74) is 0.343. The molecule has 1 aromatic rings. The van der Waals surface area contributed by atoms with E-state index in [0.717, 1.165) is 0 Å². The van der Waals surface area contributed by atoms with Crippen LogP contribution in [0.3, 0.4) is 0 Å². The fraction of sp³-hybridized carbons (Fsp3) is 0.364. The van der Waals surface area contributed by atoms with Crippen molar-refractivity contribution in [2.45, 2.75) is 19.4 Å². The standard InChI is InChI=1S/C11H14BrFN2O2/c1-2-8(6-16)14-11(17)15-10-5-7(13)3-4-9(10)12/h3-5,8,16H,2,6H2,1H3,(H2,14,15,17). The molecule has 0 saturated heterocycles. The van der Waals surface area contributed by atoms with Crippen molar-refractivity contribution in [3.63, 3.8) is 0 Å². The topological polar surface area (TPSA) is 61.4 Å². The van der Waals surface area contributed by atoms with Crippen molar-refractivity contribution in [1.29, 1.82) is 0 Å². The molecule has 0 aromatic heterocycles. The Morgan fingerprint density at radius 3 is 2.88 bits per heavy atom. The molecule has 2 amide bonds. The summed E-state index contributed by atoms with van der Waals surface area (Å²) >= 11 is 3.20. The Bertz CT molecular complexity index is 397. The number of hydrogen-bond donors (Lipinski definition) is 3. The largest absolute Gasteiger partial charge is 0.394 e. The molecule has 0 spiro atoms. The van der Waals surface area contributed by atoms with Crippen LogP contribution in [0.5, 0.6) is 0 Å². The lowest BCUT2D eigenvalue weighted by molar-refractivity contribution is 0.222. The number of carbonyl (C=O) groups excluding carboxylic acids is 1. The van der Waals surface area contributed by atoms with E-state index in [1.54, 1.807) is 0 Å². The number of anilines is 1. The van der Waals surface area contributed by atoms with Gasteiger partial charge in [-0.05, 0) is 40.5 Å². The molecule has 17 heavy (non-hydrogen) atoms. The number of rotatable bonds is 4. The Balaban J connectivity index is 2.64. The molecule has 1 atom stereocenters. The first-order valence-corrected chi connectivity index (χ1v) is 5.99. The minimum Gasteiger partial charge on any atom is -0.394 e. The molecular weight excluding hydrogens is 291 g/mol. The van der Waals surface area contributed by atoms with Gasteiger partial charge in [0.2, 0.25) is 0 Å². The third kappa shape index (κ3) is 4.32. The van der Waals surface area contributed by atoms with Gasteiger partial charge < -0.3 is 15.7 Å². The van der Waals surface area contributed by atoms with Gasteiger partial charge in [0.1, 0.15) is 5.82 Å². The molecule has 1 unspecified atom stereocenters. The first kappa shape index (κ1) is 13.9. The predicted molar refractivity (Wildman–Crippen MR) is 67.4 cm³/mol. The molecular formula is C11H14BrFN2O2. The van der Waals surface area contributed by atoms with Crippen molar-refractivity contribution in [2.75, 3.05) is 11.9 Å². The lowest BCUT2D eigenvalue weighted by Crippen LogP contribution is -2.39. The normalized spacial score (nSPS) is 12.0. The second-order valence-electron chi connectivity index (χ2n) is 3.51.